The van der Waals surface area contributed by atoms with Gasteiger partial charge in [-0.05, 0) is 69.0 Å². The number of nitrogens with one attached hydrogen (secondary N) is 2. The average Bonchev–Trinajstić information content (AvgIpc) is 2.61. The number of carbonyl (C=O) groups is 2. The molecule has 1 fully saturated rings. The van der Waals surface area contributed by atoms with Crippen molar-refractivity contribution in [3.63, 3.8) is 0 Å². The van der Waals surface area contributed by atoms with Crippen molar-refractivity contribution in [3.8, 4) is 0 Å². The highest BCUT2D eigenvalue weighted by Gasteiger charge is 2.29. The van der Waals surface area contributed by atoms with Crippen LogP contribution in [0.15, 0.2) is 24.3 Å². The van der Waals surface area contributed by atoms with Crippen molar-refractivity contribution in [1.82, 2.24) is 15.5 Å². The summed E-state index contributed by atoms with van der Waals surface area (Å²) in [5, 5.41) is 6.72. The van der Waals surface area contributed by atoms with Crippen LogP contribution in [0.5, 0.6) is 0 Å². The summed E-state index contributed by atoms with van der Waals surface area (Å²) >= 11 is 5.88. The molecule has 1 saturated heterocycles. The van der Waals surface area contributed by atoms with Crippen LogP contribution >= 0.6 is 11.6 Å². The van der Waals surface area contributed by atoms with Gasteiger partial charge in [0.05, 0.1) is 0 Å². The third-order valence-electron chi connectivity index (χ3n) is 4.84. The number of amides is 2. The van der Waals surface area contributed by atoms with Gasteiger partial charge in [0.1, 0.15) is 6.04 Å². The molecule has 26 heavy (non-hydrogen) atoms. The zero-order chi connectivity index (χ0) is 19.1. The molecule has 0 radical (unpaired) electrons. The molecule has 6 heteroatoms. The summed E-state index contributed by atoms with van der Waals surface area (Å²) in [5.41, 5.74) is 0.517. The fraction of sp³-hybridized carbons (Fsp3) is 0.600. The van der Waals surface area contributed by atoms with E-state index in [1.54, 1.807) is 24.3 Å². The third-order valence-corrected chi connectivity index (χ3v) is 5.09. The first kappa shape index (κ1) is 20.7. The molecule has 1 aromatic rings. The minimum atomic E-state index is -0.487. The molecule has 0 aromatic heterocycles. The normalized spacial score (nSPS) is 16.6. The summed E-state index contributed by atoms with van der Waals surface area (Å²) in [7, 11) is 1.96. The summed E-state index contributed by atoms with van der Waals surface area (Å²) in [5.74, 6) is 0.738. The van der Waals surface area contributed by atoms with Crippen LogP contribution in [0.1, 0.15) is 43.5 Å². The summed E-state index contributed by atoms with van der Waals surface area (Å²) in [4.78, 5) is 27.4. The van der Waals surface area contributed by atoms with Crippen LogP contribution in [0.2, 0.25) is 5.02 Å². The number of nitrogens with zero attached hydrogens (tertiary/aromatic N) is 1. The molecule has 1 unspecified atom stereocenters. The lowest BCUT2D eigenvalue weighted by Crippen LogP contribution is -2.51. The van der Waals surface area contributed by atoms with E-state index < -0.39 is 6.04 Å². The Morgan fingerprint density at radius 3 is 2.35 bits per heavy atom. The molecule has 1 heterocycles. The Morgan fingerprint density at radius 1 is 1.19 bits per heavy atom. The SMILES string of the molecule is CNCC1CCN(C(=O)C(CC(C)C)NC(=O)c2ccc(Cl)cc2)CC1. The molecule has 0 saturated carbocycles. The molecule has 1 aliphatic heterocycles. The summed E-state index contributed by atoms with van der Waals surface area (Å²) in [6, 6.07) is 6.24. The topological polar surface area (TPSA) is 61.4 Å². The van der Waals surface area contributed by atoms with E-state index in [9.17, 15) is 9.59 Å². The smallest absolute Gasteiger partial charge is 0.251 e. The van der Waals surface area contributed by atoms with Gasteiger partial charge in [-0.15, -0.1) is 0 Å². The van der Waals surface area contributed by atoms with Gasteiger partial charge in [0, 0.05) is 23.7 Å². The number of rotatable bonds is 7. The van der Waals surface area contributed by atoms with Gasteiger partial charge in [-0.2, -0.15) is 0 Å². The van der Waals surface area contributed by atoms with Crippen molar-refractivity contribution >= 4 is 23.4 Å². The molecule has 2 amide bonds. The molecule has 0 aliphatic carbocycles. The van der Waals surface area contributed by atoms with Crippen LogP contribution in [0.4, 0.5) is 0 Å². The summed E-state index contributed by atoms with van der Waals surface area (Å²) in [6.45, 7) is 6.64. The lowest BCUT2D eigenvalue weighted by molar-refractivity contribution is -0.135. The van der Waals surface area contributed by atoms with E-state index in [-0.39, 0.29) is 11.8 Å². The number of carbonyl (C=O) groups excluding carboxylic acids is 2. The average molecular weight is 380 g/mol. The zero-order valence-corrected chi connectivity index (χ0v) is 16.7. The van der Waals surface area contributed by atoms with E-state index in [2.05, 4.69) is 24.5 Å². The zero-order valence-electron chi connectivity index (χ0n) is 15.9. The van der Waals surface area contributed by atoms with Gasteiger partial charge in [-0.3, -0.25) is 9.59 Å². The molecule has 1 aliphatic rings. The lowest BCUT2D eigenvalue weighted by atomic mass is 9.95. The van der Waals surface area contributed by atoms with Gasteiger partial charge >= 0.3 is 0 Å². The maximum atomic E-state index is 13.0. The standard InChI is InChI=1S/C20H30ClN3O2/c1-14(2)12-18(23-19(25)16-4-6-17(21)7-5-16)20(26)24-10-8-15(9-11-24)13-22-3/h4-7,14-15,18,22H,8-13H2,1-3H3,(H,23,25). The lowest BCUT2D eigenvalue weighted by Gasteiger charge is -2.34. The fourth-order valence-electron chi connectivity index (χ4n) is 3.40. The predicted molar refractivity (Wildman–Crippen MR) is 105 cm³/mol. The molecule has 2 rings (SSSR count). The Balaban J connectivity index is 2.00. The van der Waals surface area contributed by atoms with Crippen molar-refractivity contribution in [2.24, 2.45) is 11.8 Å². The molecular formula is C20H30ClN3O2. The fourth-order valence-corrected chi connectivity index (χ4v) is 3.53. The first-order chi connectivity index (χ1) is 12.4. The molecule has 5 nitrogen and oxygen atoms in total. The van der Waals surface area contributed by atoms with Gasteiger partial charge < -0.3 is 15.5 Å². The van der Waals surface area contributed by atoms with E-state index in [0.29, 0.717) is 28.8 Å². The third kappa shape index (κ3) is 5.99. The molecule has 0 spiro atoms. The van der Waals surface area contributed by atoms with Crippen LogP contribution in [0.25, 0.3) is 0 Å². The summed E-state index contributed by atoms with van der Waals surface area (Å²) < 4.78 is 0. The highest BCUT2D eigenvalue weighted by molar-refractivity contribution is 6.30. The Kier molecular flexibility index (Phi) is 7.91. The highest BCUT2D eigenvalue weighted by atomic mass is 35.5. The quantitative estimate of drug-likeness (QED) is 0.765. The van der Waals surface area contributed by atoms with Crippen LogP contribution in [0, 0.1) is 11.8 Å². The molecule has 1 aromatic carbocycles. The first-order valence-corrected chi connectivity index (χ1v) is 9.78. The molecule has 2 N–H and O–H groups in total. The van der Waals surface area contributed by atoms with Crippen LogP contribution in [0.3, 0.4) is 0 Å². The Labute approximate surface area is 161 Å². The van der Waals surface area contributed by atoms with Gasteiger partial charge in [0.15, 0.2) is 0 Å². The molecule has 0 bridgehead atoms. The van der Waals surface area contributed by atoms with Gasteiger partial charge in [-0.1, -0.05) is 25.4 Å². The Hall–Kier alpha value is -1.59. The Bertz CT molecular complexity index is 596. The van der Waals surface area contributed by atoms with E-state index in [0.717, 1.165) is 32.5 Å². The Morgan fingerprint density at radius 2 is 1.81 bits per heavy atom. The predicted octanol–water partition coefficient (Wildman–Crippen LogP) is 2.94. The number of likely N-dealkylation sites (tertiary alicyclic amines) is 1. The van der Waals surface area contributed by atoms with Crippen LogP contribution in [-0.2, 0) is 4.79 Å². The van der Waals surface area contributed by atoms with Gasteiger partial charge in [0.25, 0.3) is 5.91 Å². The first-order valence-electron chi connectivity index (χ1n) is 9.40. The number of halogens is 1. The van der Waals surface area contributed by atoms with Gasteiger partial charge in [0.2, 0.25) is 5.91 Å². The molecular weight excluding hydrogens is 350 g/mol. The number of benzene rings is 1. The second-order valence-corrected chi connectivity index (χ2v) is 7.93. The monoisotopic (exact) mass is 379 g/mol. The number of piperidine rings is 1. The van der Waals surface area contributed by atoms with Crippen molar-refractivity contribution in [2.45, 2.75) is 39.2 Å². The maximum Gasteiger partial charge on any atom is 0.251 e. The second kappa shape index (κ2) is 9.93. The van der Waals surface area contributed by atoms with Crippen LogP contribution in [-0.4, -0.2) is 49.4 Å². The minimum absolute atomic E-state index is 0.0314. The van der Waals surface area contributed by atoms with Crippen molar-refractivity contribution in [2.75, 3.05) is 26.7 Å². The molecule has 144 valence electrons. The molecule has 1 atom stereocenters. The number of hydrogen-bond acceptors (Lipinski definition) is 3. The van der Waals surface area contributed by atoms with E-state index in [4.69, 9.17) is 11.6 Å². The van der Waals surface area contributed by atoms with E-state index >= 15 is 0 Å². The highest BCUT2D eigenvalue weighted by Crippen LogP contribution is 2.19. The van der Waals surface area contributed by atoms with Crippen molar-refractivity contribution in [3.05, 3.63) is 34.9 Å². The van der Waals surface area contributed by atoms with E-state index in [1.165, 1.54) is 0 Å². The second-order valence-electron chi connectivity index (χ2n) is 7.49. The maximum absolute atomic E-state index is 13.0. The van der Waals surface area contributed by atoms with E-state index in [1.807, 2.05) is 11.9 Å². The summed E-state index contributed by atoms with van der Waals surface area (Å²) in [6.07, 6.45) is 2.65. The number of hydrogen-bond donors (Lipinski definition) is 2. The van der Waals surface area contributed by atoms with Crippen molar-refractivity contribution < 1.29 is 9.59 Å². The van der Waals surface area contributed by atoms with Crippen LogP contribution < -0.4 is 10.6 Å². The largest absolute Gasteiger partial charge is 0.341 e. The minimum Gasteiger partial charge on any atom is -0.341 e. The van der Waals surface area contributed by atoms with Gasteiger partial charge in [-0.25, -0.2) is 0 Å². The van der Waals surface area contributed by atoms with Crippen molar-refractivity contribution in [1.29, 1.82) is 0 Å².